The van der Waals surface area contributed by atoms with Crippen LogP contribution in [0.1, 0.15) is 60.8 Å². The minimum atomic E-state index is -4.69. The number of anilines is 1. The molecule has 43 heavy (non-hydrogen) atoms. The largest absolute Gasteiger partial charge is 0.459 e. The average Bonchev–Trinajstić information content (AvgIpc) is 2.93. The lowest BCUT2D eigenvalue weighted by Gasteiger charge is -2.43. The molecule has 0 saturated heterocycles. The molecule has 3 aromatic rings. The maximum Gasteiger partial charge on any atom is 0.416 e. The summed E-state index contributed by atoms with van der Waals surface area (Å²) in [6.45, 7) is 5.83. The summed E-state index contributed by atoms with van der Waals surface area (Å²) in [5.41, 5.74) is -0.866. The number of hydrogen-bond acceptors (Lipinski definition) is 5. The highest BCUT2D eigenvalue weighted by atomic mass is 79.9. The zero-order valence-electron chi connectivity index (χ0n) is 23.7. The standard InChI is InChI=1S/C32H27BrF3N3O4/c1-19-27(29(41)22-12-14-24(33)15-13-22)28(21-10-8-20(17-37)9-11-21)38(18-26(40)43-31(2,3)4)30(42)39(19)25-7-5-6-23(16-25)32(34,35)36/h5-16,28H,18H2,1-4H3. The van der Waals surface area contributed by atoms with Crippen molar-refractivity contribution in [3.63, 3.8) is 0 Å². The van der Waals surface area contributed by atoms with E-state index in [0.29, 0.717) is 11.1 Å². The van der Waals surface area contributed by atoms with E-state index in [0.717, 1.165) is 26.4 Å². The van der Waals surface area contributed by atoms with Crippen molar-refractivity contribution in [2.24, 2.45) is 0 Å². The maximum atomic E-state index is 14.2. The summed E-state index contributed by atoms with van der Waals surface area (Å²) < 4.78 is 47.2. The number of alkyl halides is 3. The van der Waals surface area contributed by atoms with E-state index in [2.05, 4.69) is 15.9 Å². The Morgan fingerprint density at radius 3 is 2.19 bits per heavy atom. The van der Waals surface area contributed by atoms with Gasteiger partial charge >= 0.3 is 18.2 Å². The fraction of sp³-hybridized carbons (Fsp3) is 0.250. The van der Waals surface area contributed by atoms with Gasteiger partial charge in [0.15, 0.2) is 5.78 Å². The molecule has 4 rings (SSSR count). The van der Waals surface area contributed by atoms with E-state index >= 15 is 0 Å². The Hall–Kier alpha value is -4.43. The van der Waals surface area contributed by atoms with Gasteiger partial charge in [-0.3, -0.25) is 14.5 Å². The van der Waals surface area contributed by atoms with E-state index in [1.54, 1.807) is 57.2 Å². The quantitative estimate of drug-likeness (QED) is 0.200. The topological polar surface area (TPSA) is 90.7 Å². The second kappa shape index (κ2) is 12.1. The van der Waals surface area contributed by atoms with Crippen LogP contribution in [-0.4, -0.2) is 34.8 Å². The van der Waals surface area contributed by atoms with Crippen LogP contribution < -0.4 is 4.90 Å². The Morgan fingerprint density at radius 2 is 1.63 bits per heavy atom. The molecule has 222 valence electrons. The number of ketones is 1. The molecular formula is C32H27BrF3N3O4. The third kappa shape index (κ3) is 6.97. The Kier molecular flexibility index (Phi) is 8.83. The monoisotopic (exact) mass is 653 g/mol. The van der Waals surface area contributed by atoms with Gasteiger partial charge in [0, 0.05) is 21.3 Å². The van der Waals surface area contributed by atoms with Gasteiger partial charge in [-0.05, 0) is 87.9 Å². The summed E-state index contributed by atoms with van der Waals surface area (Å²) in [5.74, 6) is -1.28. The van der Waals surface area contributed by atoms with Crippen molar-refractivity contribution in [3.05, 3.63) is 111 Å². The summed E-state index contributed by atoms with van der Waals surface area (Å²) in [5, 5.41) is 9.32. The van der Waals surface area contributed by atoms with Crippen molar-refractivity contribution in [3.8, 4) is 6.07 Å². The molecule has 0 spiro atoms. The molecule has 3 aromatic carbocycles. The van der Waals surface area contributed by atoms with Gasteiger partial charge in [0.25, 0.3) is 0 Å². The molecule has 1 atom stereocenters. The van der Waals surface area contributed by atoms with Gasteiger partial charge < -0.3 is 9.64 Å². The number of nitrogens with zero attached hydrogens (tertiary/aromatic N) is 3. The number of carbonyl (C=O) groups is 3. The summed E-state index contributed by atoms with van der Waals surface area (Å²) in [7, 11) is 0. The summed E-state index contributed by atoms with van der Waals surface area (Å²) in [6, 6.07) is 16.9. The summed E-state index contributed by atoms with van der Waals surface area (Å²) in [4.78, 5) is 43.6. The van der Waals surface area contributed by atoms with Gasteiger partial charge in [0.05, 0.1) is 28.9 Å². The van der Waals surface area contributed by atoms with E-state index in [9.17, 15) is 32.8 Å². The Labute approximate surface area is 255 Å². The lowest BCUT2D eigenvalue weighted by molar-refractivity contribution is -0.155. The highest BCUT2D eigenvalue weighted by molar-refractivity contribution is 9.10. The lowest BCUT2D eigenvalue weighted by Crippen LogP contribution is -2.53. The molecule has 2 amide bonds. The molecule has 0 fully saturated rings. The molecule has 0 N–H and O–H groups in total. The van der Waals surface area contributed by atoms with Crippen LogP contribution in [0.5, 0.6) is 0 Å². The number of benzene rings is 3. The first-order valence-electron chi connectivity index (χ1n) is 13.1. The predicted molar refractivity (Wildman–Crippen MR) is 157 cm³/mol. The molecule has 7 nitrogen and oxygen atoms in total. The molecule has 1 heterocycles. The number of esters is 1. The van der Waals surface area contributed by atoms with Gasteiger partial charge in [-0.2, -0.15) is 18.4 Å². The second-order valence-corrected chi connectivity index (χ2v) is 11.8. The third-order valence-corrected chi connectivity index (χ3v) is 7.13. The summed E-state index contributed by atoms with van der Waals surface area (Å²) in [6.07, 6.45) is -4.69. The number of urea groups is 1. The molecule has 0 aliphatic carbocycles. The lowest BCUT2D eigenvalue weighted by atomic mass is 9.87. The molecule has 1 aliphatic heterocycles. The minimum absolute atomic E-state index is 0.0626. The van der Waals surface area contributed by atoms with E-state index in [1.807, 2.05) is 6.07 Å². The number of hydrogen-bond donors (Lipinski definition) is 0. The van der Waals surface area contributed by atoms with Crippen LogP contribution in [0.3, 0.4) is 0 Å². The first kappa shape index (κ1) is 31.5. The zero-order valence-corrected chi connectivity index (χ0v) is 25.3. The maximum absolute atomic E-state index is 14.2. The van der Waals surface area contributed by atoms with Crippen LogP contribution in [0.25, 0.3) is 0 Å². The SMILES string of the molecule is CC1=C(C(=O)c2ccc(Br)cc2)C(c2ccc(C#N)cc2)N(CC(=O)OC(C)(C)C)C(=O)N1c1cccc(C(F)(F)F)c1. The van der Waals surface area contributed by atoms with Gasteiger partial charge in [0.1, 0.15) is 12.1 Å². The minimum Gasteiger partial charge on any atom is -0.459 e. The fourth-order valence-corrected chi connectivity index (χ4v) is 5.05. The van der Waals surface area contributed by atoms with Crippen molar-refractivity contribution < 1.29 is 32.3 Å². The number of Topliss-reactive ketones (excluding diaryl/α,β-unsaturated/α-hetero) is 1. The van der Waals surface area contributed by atoms with Crippen molar-refractivity contribution in [2.75, 3.05) is 11.4 Å². The molecule has 11 heteroatoms. The van der Waals surface area contributed by atoms with Crippen molar-refractivity contribution in [1.29, 1.82) is 5.26 Å². The Bertz CT molecular complexity index is 1640. The Morgan fingerprint density at radius 1 is 1.00 bits per heavy atom. The van der Waals surface area contributed by atoms with Gasteiger partial charge in [0.2, 0.25) is 0 Å². The second-order valence-electron chi connectivity index (χ2n) is 10.9. The van der Waals surface area contributed by atoms with Gasteiger partial charge in [-0.15, -0.1) is 0 Å². The molecule has 1 unspecified atom stereocenters. The van der Waals surface area contributed by atoms with Crippen molar-refractivity contribution in [1.82, 2.24) is 4.90 Å². The third-order valence-electron chi connectivity index (χ3n) is 6.60. The number of ether oxygens (including phenoxy) is 1. The van der Waals surface area contributed by atoms with E-state index in [-0.39, 0.29) is 22.5 Å². The van der Waals surface area contributed by atoms with Crippen LogP contribution in [-0.2, 0) is 15.7 Å². The normalized spacial score (nSPS) is 15.8. The molecular weight excluding hydrogens is 627 g/mol. The van der Waals surface area contributed by atoms with Crippen LogP contribution >= 0.6 is 15.9 Å². The number of carbonyl (C=O) groups excluding carboxylic acids is 3. The molecule has 0 aromatic heterocycles. The molecule has 1 aliphatic rings. The van der Waals surface area contributed by atoms with Crippen molar-refractivity contribution in [2.45, 2.75) is 45.5 Å². The van der Waals surface area contributed by atoms with Crippen LogP contribution in [0.15, 0.2) is 88.5 Å². The van der Waals surface area contributed by atoms with Crippen LogP contribution in [0.2, 0.25) is 0 Å². The highest BCUT2D eigenvalue weighted by Crippen LogP contribution is 2.42. The van der Waals surface area contributed by atoms with Crippen LogP contribution in [0.4, 0.5) is 23.7 Å². The van der Waals surface area contributed by atoms with E-state index in [4.69, 9.17) is 4.74 Å². The van der Waals surface area contributed by atoms with Gasteiger partial charge in [-0.25, -0.2) is 4.79 Å². The predicted octanol–water partition coefficient (Wildman–Crippen LogP) is 7.82. The zero-order chi connectivity index (χ0) is 31.7. The number of nitriles is 1. The first-order chi connectivity index (χ1) is 20.1. The number of halogens is 4. The van der Waals surface area contributed by atoms with E-state index < -0.39 is 47.7 Å². The molecule has 0 bridgehead atoms. The smallest absolute Gasteiger partial charge is 0.416 e. The molecule has 0 radical (unpaired) electrons. The first-order valence-corrected chi connectivity index (χ1v) is 13.9. The number of amides is 2. The number of allylic oxidation sites excluding steroid dienone is 1. The average molecular weight is 654 g/mol. The van der Waals surface area contributed by atoms with E-state index in [1.165, 1.54) is 31.2 Å². The molecule has 0 saturated carbocycles. The van der Waals surface area contributed by atoms with Crippen LogP contribution in [0, 0.1) is 11.3 Å². The number of rotatable bonds is 6. The van der Waals surface area contributed by atoms with Gasteiger partial charge in [-0.1, -0.05) is 34.1 Å². The van der Waals surface area contributed by atoms with Crippen molar-refractivity contribution >= 4 is 39.4 Å². The highest BCUT2D eigenvalue weighted by Gasteiger charge is 2.44. The Balaban J connectivity index is 1.99. The summed E-state index contributed by atoms with van der Waals surface area (Å²) >= 11 is 3.34. The fourth-order valence-electron chi connectivity index (χ4n) is 4.79.